The fourth-order valence-electron chi connectivity index (χ4n) is 2.92. The Morgan fingerprint density at radius 3 is 3.00 bits per heavy atom. The molecule has 1 amide bonds. The van der Waals surface area contributed by atoms with Crippen LogP contribution in [0.25, 0.3) is 0 Å². The number of ether oxygens (including phenoxy) is 1. The van der Waals surface area contributed by atoms with Gasteiger partial charge in [-0.25, -0.2) is 0 Å². The van der Waals surface area contributed by atoms with Gasteiger partial charge in [0.25, 0.3) is 0 Å². The summed E-state index contributed by atoms with van der Waals surface area (Å²) in [6, 6.07) is 8.46. The molecule has 0 unspecified atom stereocenters. The second-order valence-corrected chi connectivity index (χ2v) is 6.62. The van der Waals surface area contributed by atoms with Gasteiger partial charge < -0.3 is 10.1 Å². The van der Waals surface area contributed by atoms with Crippen LogP contribution in [0, 0.1) is 0 Å². The molecule has 24 heavy (non-hydrogen) atoms. The molecule has 3 rings (SSSR count). The maximum absolute atomic E-state index is 12.4. The van der Waals surface area contributed by atoms with E-state index in [1.807, 2.05) is 0 Å². The number of nitrogens with zero attached hydrogens (tertiary/aromatic N) is 1. The number of carbonyl (C=O) groups excluding carboxylic acids is 1. The molecule has 0 fully saturated rings. The van der Waals surface area contributed by atoms with E-state index in [2.05, 4.69) is 33.3 Å². The normalized spacial score (nSPS) is 17.6. The van der Waals surface area contributed by atoms with Crippen molar-refractivity contribution in [3.05, 3.63) is 46.2 Å². The van der Waals surface area contributed by atoms with Crippen molar-refractivity contribution in [2.45, 2.75) is 26.0 Å². The summed E-state index contributed by atoms with van der Waals surface area (Å²) < 4.78 is 29.3. The highest BCUT2D eigenvalue weighted by atomic mass is 32.1. The average molecular weight is 352 g/mol. The van der Waals surface area contributed by atoms with Crippen LogP contribution in [-0.4, -0.2) is 30.5 Å². The zero-order chi connectivity index (χ0) is 17.1. The van der Waals surface area contributed by atoms with Gasteiger partial charge >= 0.3 is 6.61 Å². The van der Waals surface area contributed by atoms with Gasteiger partial charge in [-0.3, -0.25) is 9.69 Å². The highest BCUT2D eigenvalue weighted by Gasteiger charge is 2.26. The fraction of sp³-hybridized carbons (Fsp3) is 0.353. The number of rotatable bonds is 5. The maximum Gasteiger partial charge on any atom is 0.387 e. The van der Waals surface area contributed by atoms with Crippen LogP contribution in [-0.2, 0) is 11.2 Å². The first-order valence-corrected chi connectivity index (χ1v) is 8.56. The molecule has 1 aliphatic rings. The first-order chi connectivity index (χ1) is 11.5. The van der Waals surface area contributed by atoms with E-state index in [9.17, 15) is 13.6 Å². The van der Waals surface area contributed by atoms with Crippen LogP contribution in [0.2, 0.25) is 0 Å². The van der Waals surface area contributed by atoms with Crippen LogP contribution < -0.4 is 10.1 Å². The number of benzene rings is 1. The molecule has 1 aliphatic heterocycles. The summed E-state index contributed by atoms with van der Waals surface area (Å²) in [6.07, 6.45) is 0.926. The molecule has 1 aromatic heterocycles. The third-order valence-electron chi connectivity index (χ3n) is 4.13. The number of nitrogens with one attached hydrogen (secondary N) is 1. The highest BCUT2D eigenvalue weighted by molar-refractivity contribution is 7.10. The first kappa shape index (κ1) is 16.9. The van der Waals surface area contributed by atoms with Crippen LogP contribution in [0.1, 0.15) is 23.4 Å². The largest absolute Gasteiger partial charge is 0.433 e. The second-order valence-electron chi connectivity index (χ2n) is 5.62. The van der Waals surface area contributed by atoms with Crippen LogP contribution in [0.3, 0.4) is 0 Å². The first-order valence-electron chi connectivity index (χ1n) is 7.68. The number of alkyl halides is 2. The molecule has 128 valence electrons. The summed E-state index contributed by atoms with van der Waals surface area (Å²) in [6.45, 7) is 0.157. The summed E-state index contributed by atoms with van der Waals surface area (Å²) in [5, 5.41) is 4.74. The van der Waals surface area contributed by atoms with Crippen molar-refractivity contribution in [2.24, 2.45) is 0 Å². The third kappa shape index (κ3) is 3.73. The summed E-state index contributed by atoms with van der Waals surface area (Å²) in [5.41, 5.74) is 1.52. The van der Waals surface area contributed by atoms with Crippen molar-refractivity contribution in [3.63, 3.8) is 0 Å². The van der Waals surface area contributed by atoms with E-state index >= 15 is 0 Å². The molecule has 1 aromatic carbocycles. The number of amides is 1. The zero-order valence-corrected chi connectivity index (χ0v) is 14.0. The van der Waals surface area contributed by atoms with Gasteiger partial charge in [0, 0.05) is 17.5 Å². The quantitative estimate of drug-likeness (QED) is 0.887. The van der Waals surface area contributed by atoms with E-state index in [0.717, 1.165) is 13.0 Å². The Hall–Kier alpha value is -1.99. The number of hydrogen-bond donors (Lipinski definition) is 1. The van der Waals surface area contributed by atoms with Crippen LogP contribution in [0.15, 0.2) is 35.7 Å². The topological polar surface area (TPSA) is 41.6 Å². The molecule has 2 aromatic rings. The minimum atomic E-state index is -2.93. The van der Waals surface area contributed by atoms with Crippen LogP contribution in [0.4, 0.5) is 14.5 Å². The summed E-state index contributed by atoms with van der Waals surface area (Å²) in [5.74, 6) is -0.279. The van der Waals surface area contributed by atoms with E-state index in [1.54, 1.807) is 29.5 Å². The Balaban J connectivity index is 1.65. The molecule has 4 nitrogen and oxygen atoms in total. The maximum atomic E-state index is 12.4. The number of para-hydroxylation sites is 2. The summed E-state index contributed by atoms with van der Waals surface area (Å²) >= 11 is 1.75. The van der Waals surface area contributed by atoms with E-state index < -0.39 is 6.61 Å². The molecular weight excluding hydrogens is 334 g/mol. The van der Waals surface area contributed by atoms with E-state index in [0.29, 0.717) is 0 Å². The van der Waals surface area contributed by atoms with Gasteiger partial charge in [-0.1, -0.05) is 12.1 Å². The van der Waals surface area contributed by atoms with Gasteiger partial charge in [0.15, 0.2) is 0 Å². The Morgan fingerprint density at radius 1 is 1.42 bits per heavy atom. The lowest BCUT2D eigenvalue weighted by atomic mass is 10.0. The van der Waals surface area contributed by atoms with Crippen molar-refractivity contribution in [1.29, 1.82) is 0 Å². The Kier molecular flexibility index (Phi) is 5.11. The third-order valence-corrected chi connectivity index (χ3v) is 5.12. The minimum Gasteiger partial charge on any atom is -0.433 e. The second kappa shape index (κ2) is 7.27. The number of carbonyl (C=O) groups is 1. The number of fused-ring (bicyclic) bond motifs is 1. The van der Waals surface area contributed by atoms with E-state index in [1.165, 1.54) is 16.5 Å². The molecule has 0 saturated heterocycles. The zero-order valence-electron chi connectivity index (χ0n) is 13.2. The van der Waals surface area contributed by atoms with Gasteiger partial charge in [0.2, 0.25) is 5.91 Å². The number of halogens is 2. The van der Waals surface area contributed by atoms with Crippen molar-refractivity contribution >= 4 is 22.9 Å². The molecular formula is C17H18F2N2O2S. The molecule has 0 bridgehead atoms. The van der Waals surface area contributed by atoms with Gasteiger partial charge in [-0.05, 0) is 42.5 Å². The highest BCUT2D eigenvalue weighted by Crippen LogP contribution is 2.32. The van der Waals surface area contributed by atoms with Crippen molar-refractivity contribution in [2.75, 3.05) is 18.4 Å². The predicted octanol–water partition coefficient (Wildman–Crippen LogP) is 3.91. The average Bonchev–Trinajstić information content (AvgIpc) is 3.01. The van der Waals surface area contributed by atoms with Crippen molar-refractivity contribution in [3.8, 4) is 5.75 Å². The smallest absolute Gasteiger partial charge is 0.387 e. The fourth-order valence-corrected chi connectivity index (χ4v) is 3.88. The van der Waals surface area contributed by atoms with Gasteiger partial charge in [0.1, 0.15) is 5.75 Å². The lowest BCUT2D eigenvalue weighted by molar-refractivity contribution is -0.118. The van der Waals surface area contributed by atoms with Crippen molar-refractivity contribution in [1.82, 2.24) is 4.90 Å². The molecule has 0 radical (unpaired) electrons. The number of thiophene rings is 1. The SMILES string of the molecule is C[C@@H]1c2ccsc2CCN1CC(=O)Nc1ccccc1OC(F)F. The Morgan fingerprint density at radius 2 is 2.21 bits per heavy atom. The monoisotopic (exact) mass is 352 g/mol. The van der Waals surface area contributed by atoms with E-state index in [4.69, 9.17) is 0 Å². The summed E-state index contributed by atoms with van der Waals surface area (Å²) in [7, 11) is 0. The molecule has 2 heterocycles. The minimum absolute atomic E-state index is 0.0346. The lowest BCUT2D eigenvalue weighted by Crippen LogP contribution is -2.39. The summed E-state index contributed by atoms with van der Waals surface area (Å²) in [4.78, 5) is 15.8. The molecule has 0 spiro atoms. The van der Waals surface area contributed by atoms with Crippen LogP contribution >= 0.6 is 11.3 Å². The Bertz CT molecular complexity index is 720. The van der Waals surface area contributed by atoms with Crippen LogP contribution in [0.5, 0.6) is 5.75 Å². The predicted molar refractivity (Wildman–Crippen MR) is 89.7 cm³/mol. The molecule has 7 heteroatoms. The van der Waals surface area contributed by atoms with E-state index in [-0.39, 0.29) is 29.9 Å². The van der Waals surface area contributed by atoms with Crippen molar-refractivity contribution < 1.29 is 18.3 Å². The molecule has 1 atom stereocenters. The number of anilines is 1. The molecule has 0 aliphatic carbocycles. The standard InChI is InChI=1S/C17H18F2N2O2S/c1-11-12-7-9-24-15(12)6-8-21(11)10-16(22)20-13-4-2-3-5-14(13)23-17(18)19/h2-5,7,9,11,17H,6,8,10H2,1H3,(H,20,22)/t11-/m1/s1. The van der Waals surface area contributed by atoms with Gasteiger partial charge in [0.05, 0.1) is 12.2 Å². The number of hydrogen-bond acceptors (Lipinski definition) is 4. The molecule has 0 saturated carbocycles. The Labute approximate surface area is 143 Å². The lowest BCUT2D eigenvalue weighted by Gasteiger charge is -2.32. The van der Waals surface area contributed by atoms with Gasteiger partial charge in [-0.2, -0.15) is 8.78 Å². The van der Waals surface area contributed by atoms with Gasteiger partial charge in [-0.15, -0.1) is 11.3 Å². The molecule has 1 N–H and O–H groups in total.